The van der Waals surface area contributed by atoms with E-state index in [4.69, 9.17) is 4.74 Å². The Bertz CT molecular complexity index is 885. The fourth-order valence-electron chi connectivity index (χ4n) is 6.79. The third-order valence-electron chi connectivity index (χ3n) is 8.83. The molecule has 2 aliphatic heterocycles. The van der Waals surface area contributed by atoms with Crippen molar-refractivity contribution in [3.05, 3.63) is 41.0 Å². The summed E-state index contributed by atoms with van der Waals surface area (Å²) in [6, 6.07) is 6.59. The predicted octanol–water partition coefficient (Wildman–Crippen LogP) is 4.74. The Balaban J connectivity index is 1.27. The predicted molar refractivity (Wildman–Crippen MR) is 125 cm³/mol. The minimum atomic E-state index is 0.00318. The zero-order valence-corrected chi connectivity index (χ0v) is 19.7. The molecular formula is C27H38N2O2. The highest BCUT2D eigenvalue weighted by Crippen LogP contribution is 2.54. The van der Waals surface area contributed by atoms with Gasteiger partial charge in [0.1, 0.15) is 6.10 Å². The summed E-state index contributed by atoms with van der Waals surface area (Å²) >= 11 is 0. The second-order valence-corrected chi connectivity index (χ2v) is 10.8. The van der Waals surface area contributed by atoms with Gasteiger partial charge in [-0.1, -0.05) is 44.1 Å². The Morgan fingerprint density at radius 1 is 1.16 bits per heavy atom. The van der Waals surface area contributed by atoms with E-state index in [-0.39, 0.29) is 29.3 Å². The Kier molecular flexibility index (Phi) is 5.40. The molecular weight excluding hydrogens is 384 g/mol. The molecule has 2 heterocycles. The molecule has 2 aliphatic carbocycles. The number of nitrogens with zero attached hydrogens (tertiary/aromatic N) is 2. The number of carbonyl (C=O) groups is 1. The lowest BCUT2D eigenvalue weighted by Crippen LogP contribution is -2.49. The molecule has 4 nitrogen and oxygen atoms in total. The number of rotatable bonds is 3. The molecule has 0 spiro atoms. The number of allylic oxidation sites excluding steroid dienone is 1. The topological polar surface area (TPSA) is 32.8 Å². The van der Waals surface area contributed by atoms with Gasteiger partial charge in [0.25, 0.3) is 0 Å². The summed E-state index contributed by atoms with van der Waals surface area (Å²) in [6.07, 6.45) is 7.44. The van der Waals surface area contributed by atoms with Gasteiger partial charge in [-0.3, -0.25) is 9.69 Å². The van der Waals surface area contributed by atoms with Gasteiger partial charge >= 0.3 is 5.97 Å². The number of esters is 1. The van der Waals surface area contributed by atoms with Gasteiger partial charge in [-0.25, -0.2) is 0 Å². The van der Waals surface area contributed by atoms with Crippen LogP contribution in [0.5, 0.6) is 0 Å². The summed E-state index contributed by atoms with van der Waals surface area (Å²) in [4.78, 5) is 17.9. The SMILES string of the molecule is Cc1cccc(N2CCN(CC3C(=O)O[C@@H]4C[C@@]5(C)CCCC(C)C5=C[C@H]34)CC2)c1C. The van der Waals surface area contributed by atoms with E-state index in [2.05, 4.69) is 61.8 Å². The number of anilines is 1. The van der Waals surface area contributed by atoms with Crippen LogP contribution in [-0.4, -0.2) is 49.7 Å². The number of carbonyl (C=O) groups excluding carboxylic acids is 1. The molecule has 1 aromatic rings. The van der Waals surface area contributed by atoms with Gasteiger partial charge in [-0.15, -0.1) is 0 Å². The van der Waals surface area contributed by atoms with Crippen LogP contribution in [-0.2, 0) is 9.53 Å². The largest absolute Gasteiger partial charge is 0.461 e. The van der Waals surface area contributed by atoms with Gasteiger partial charge in [0.15, 0.2) is 0 Å². The molecule has 31 heavy (non-hydrogen) atoms. The van der Waals surface area contributed by atoms with Crippen molar-refractivity contribution in [1.29, 1.82) is 0 Å². The van der Waals surface area contributed by atoms with Crippen LogP contribution in [0.2, 0.25) is 0 Å². The minimum absolute atomic E-state index is 0.00318. The van der Waals surface area contributed by atoms with Crippen molar-refractivity contribution < 1.29 is 9.53 Å². The van der Waals surface area contributed by atoms with E-state index < -0.39 is 0 Å². The van der Waals surface area contributed by atoms with Crippen LogP contribution in [0.15, 0.2) is 29.8 Å². The molecule has 0 radical (unpaired) electrons. The Labute approximate surface area is 187 Å². The van der Waals surface area contributed by atoms with Gasteiger partial charge in [0, 0.05) is 44.3 Å². The Morgan fingerprint density at radius 3 is 2.71 bits per heavy atom. The molecule has 1 saturated carbocycles. The van der Waals surface area contributed by atoms with Crippen molar-refractivity contribution in [2.24, 2.45) is 23.2 Å². The molecule has 2 saturated heterocycles. The Hall–Kier alpha value is -1.81. The van der Waals surface area contributed by atoms with E-state index in [9.17, 15) is 4.79 Å². The zero-order chi connectivity index (χ0) is 21.8. The van der Waals surface area contributed by atoms with E-state index in [1.165, 1.54) is 36.1 Å². The summed E-state index contributed by atoms with van der Waals surface area (Å²) in [6.45, 7) is 14.1. The maximum atomic E-state index is 12.9. The number of ether oxygens (including phenoxy) is 1. The lowest BCUT2D eigenvalue weighted by molar-refractivity contribution is -0.145. The number of fused-ring (bicyclic) bond motifs is 2. The third-order valence-corrected chi connectivity index (χ3v) is 8.83. The first-order valence-electron chi connectivity index (χ1n) is 12.3. The molecule has 4 aliphatic rings. The minimum Gasteiger partial charge on any atom is -0.461 e. The van der Waals surface area contributed by atoms with Crippen molar-refractivity contribution in [1.82, 2.24) is 4.90 Å². The number of hydrogen-bond acceptors (Lipinski definition) is 4. The fourth-order valence-corrected chi connectivity index (χ4v) is 6.79. The van der Waals surface area contributed by atoms with E-state index >= 15 is 0 Å². The maximum Gasteiger partial charge on any atom is 0.311 e. The first-order valence-corrected chi connectivity index (χ1v) is 12.3. The second kappa shape index (κ2) is 7.95. The van der Waals surface area contributed by atoms with Crippen molar-refractivity contribution in [2.45, 2.75) is 59.5 Å². The molecule has 0 bridgehead atoms. The molecule has 3 fully saturated rings. The van der Waals surface area contributed by atoms with E-state index in [1.807, 2.05) is 0 Å². The van der Waals surface area contributed by atoms with E-state index in [0.29, 0.717) is 5.92 Å². The zero-order valence-electron chi connectivity index (χ0n) is 19.7. The van der Waals surface area contributed by atoms with Crippen LogP contribution >= 0.6 is 0 Å². The van der Waals surface area contributed by atoms with Crippen molar-refractivity contribution in [2.75, 3.05) is 37.6 Å². The lowest BCUT2D eigenvalue weighted by Gasteiger charge is -2.46. The maximum absolute atomic E-state index is 12.9. The number of benzene rings is 1. The summed E-state index contributed by atoms with van der Waals surface area (Å²) in [5.74, 6) is 0.965. The smallest absolute Gasteiger partial charge is 0.311 e. The molecule has 4 heteroatoms. The molecule has 5 rings (SSSR count). The highest BCUT2D eigenvalue weighted by atomic mass is 16.6. The standard InChI is InChI=1S/C27H38N2O2/c1-18-7-5-9-24(20(18)3)29-13-11-28(12-14-29)17-22-21-15-23-19(2)8-6-10-27(23,4)16-25(21)31-26(22)30/h5,7,9,15,19,21-22,25H,6,8,10-14,16-17H2,1-4H3/t19?,21-,22?,25-,27-/m1/s1. The van der Waals surface area contributed by atoms with Gasteiger partial charge in [0.05, 0.1) is 5.92 Å². The van der Waals surface area contributed by atoms with Crippen LogP contribution in [0.3, 0.4) is 0 Å². The normalized spacial score (nSPS) is 35.9. The summed E-state index contributed by atoms with van der Waals surface area (Å²) in [5, 5.41) is 0. The molecule has 168 valence electrons. The van der Waals surface area contributed by atoms with Gasteiger partial charge in [0.2, 0.25) is 0 Å². The molecule has 0 amide bonds. The van der Waals surface area contributed by atoms with Crippen LogP contribution in [0.25, 0.3) is 0 Å². The van der Waals surface area contributed by atoms with Gasteiger partial charge in [-0.2, -0.15) is 0 Å². The average Bonchev–Trinajstić information content (AvgIpc) is 3.03. The first-order chi connectivity index (χ1) is 14.9. The summed E-state index contributed by atoms with van der Waals surface area (Å²) in [5.41, 5.74) is 5.96. The van der Waals surface area contributed by atoms with E-state index in [1.54, 1.807) is 5.57 Å². The summed E-state index contributed by atoms with van der Waals surface area (Å²) < 4.78 is 5.97. The fraction of sp³-hybridized carbons (Fsp3) is 0.667. The molecule has 0 aromatic heterocycles. The Morgan fingerprint density at radius 2 is 1.94 bits per heavy atom. The molecule has 1 aromatic carbocycles. The lowest BCUT2D eigenvalue weighted by atomic mass is 9.59. The van der Waals surface area contributed by atoms with Crippen LogP contribution in [0, 0.1) is 37.0 Å². The monoisotopic (exact) mass is 422 g/mol. The summed E-state index contributed by atoms with van der Waals surface area (Å²) in [7, 11) is 0. The highest BCUT2D eigenvalue weighted by molar-refractivity contribution is 5.76. The number of hydrogen-bond donors (Lipinski definition) is 0. The van der Waals surface area contributed by atoms with Crippen molar-refractivity contribution in [3.63, 3.8) is 0 Å². The number of piperazine rings is 1. The van der Waals surface area contributed by atoms with E-state index in [0.717, 1.165) is 39.1 Å². The van der Waals surface area contributed by atoms with Crippen LogP contribution in [0.1, 0.15) is 50.7 Å². The van der Waals surface area contributed by atoms with Crippen molar-refractivity contribution in [3.8, 4) is 0 Å². The third kappa shape index (κ3) is 3.71. The molecule has 5 atom stereocenters. The highest BCUT2D eigenvalue weighted by Gasteiger charge is 2.52. The molecule has 2 unspecified atom stereocenters. The van der Waals surface area contributed by atoms with Gasteiger partial charge < -0.3 is 9.64 Å². The quantitative estimate of drug-likeness (QED) is 0.520. The number of aryl methyl sites for hydroxylation is 1. The first kappa shape index (κ1) is 21.1. The van der Waals surface area contributed by atoms with Crippen molar-refractivity contribution >= 4 is 11.7 Å². The molecule has 0 N–H and O–H groups in total. The second-order valence-electron chi connectivity index (χ2n) is 10.8. The van der Waals surface area contributed by atoms with Gasteiger partial charge in [-0.05, 0) is 61.6 Å². The van der Waals surface area contributed by atoms with Crippen LogP contribution in [0.4, 0.5) is 5.69 Å². The average molecular weight is 423 g/mol. The van der Waals surface area contributed by atoms with Crippen LogP contribution < -0.4 is 4.90 Å².